The summed E-state index contributed by atoms with van der Waals surface area (Å²) in [4.78, 5) is 31.2. The summed E-state index contributed by atoms with van der Waals surface area (Å²) >= 11 is 0. The quantitative estimate of drug-likeness (QED) is 0.596. The van der Waals surface area contributed by atoms with Crippen molar-refractivity contribution in [3.05, 3.63) is 39.8 Å². The van der Waals surface area contributed by atoms with Crippen LogP contribution in [-0.2, 0) is 13.6 Å². The Bertz CT molecular complexity index is 723. The predicted octanol–water partition coefficient (Wildman–Crippen LogP) is 1.95. The second kappa shape index (κ2) is 7.06. The number of unbranched alkanes of at least 4 members (excludes halogenated alkanes) is 5. The van der Waals surface area contributed by atoms with Crippen LogP contribution in [0.5, 0.6) is 0 Å². The monoisotopic (exact) mass is 290 g/mol. The molecule has 114 valence electrons. The lowest BCUT2D eigenvalue weighted by molar-refractivity contribution is 0.529. The fraction of sp³-hybridized carbons (Fsp3) is 0.533. The van der Waals surface area contributed by atoms with E-state index in [0.717, 1.165) is 32.1 Å². The topological polar surface area (TPSA) is 72.7 Å². The Morgan fingerprint density at radius 1 is 1.24 bits per heavy atom. The summed E-state index contributed by atoms with van der Waals surface area (Å²) in [6.45, 7) is 4.16. The largest absolute Gasteiger partial charge is 0.339 e. The molecule has 0 radical (unpaired) electrons. The van der Waals surface area contributed by atoms with Crippen LogP contribution in [-0.4, -0.2) is 19.1 Å². The molecule has 2 heterocycles. The summed E-state index contributed by atoms with van der Waals surface area (Å²) < 4.78 is 2.71. The molecule has 0 bridgehead atoms. The minimum Gasteiger partial charge on any atom is -0.339 e. The molecule has 0 amide bonds. The summed E-state index contributed by atoms with van der Waals surface area (Å²) in [6, 6.07) is 0. The summed E-state index contributed by atoms with van der Waals surface area (Å²) in [7, 11) is 1.64. The van der Waals surface area contributed by atoms with Gasteiger partial charge in [-0.3, -0.25) is 13.9 Å². The van der Waals surface area contributed by atoms with E-state index in [9.17, 15) is 9.59 Å². The third kappa shape index (κ3) is 3.32. The van der Waals surface area contributed by atoms with Gasteiger partial charge in [-0.05, 0) is 19.3 Å². The number of fused-ring (bicyclic) bond motifs is 1. The van der Waals surface area contributed by atoms with E-state index in [1.807, 2.05) is 6.08 Å². The molecule has 2 rings (SSSR count). The van der Waals surface area contributed by atoms with Gasteiger partial charge in [0.05, 0.1) is 6.33 Å². The van der Waals surface area contributed by atoms with E-state index in [0.29, 0.717) is 17.7 Å². The molecule has 0 aliphatic carbocycles. The maximum Gasteiger partial charge on any atom is 0.332 e. The van der Waals surface area contributed by atoms with Crippen molar-refractivity contribution in [1.82, 2.24) is 19.1 Å². The van der Waals surface area contributed by atoms with Gasteiger partial charge in [-0.15, -0.1) is 6.58 Å². The second-order valence-electron chi connectivity index (χ2n) is 5.24. The minimum atomic E-state index is -0.300. The summed E-state index contributed by atoms with van der Waals surface area (Å²) in [5.74, 6) is 0. The first-order valence-corrected chi connectivity index (χ1v) is 7.40. The lowest BCUT2D eigenvalue weighted by Gasteiger charge is -2.07. The normalized spacial score (nSPS) is 11.1. The van der Waals surface area contributed by atoms with Crippen molar-refractivity contribution < 1.29 is 0 Å². The zero-order valence-corrected chi connectivity index (χ0v) is 12.5. The first kappa shape index (κ1) is 15.3. The highest BCUT2D eigenvalue weighted by Crippen LogP contribution is 2.06. The Labute approximate surface area is 123 Å². The Balaban J connectivity index is 2.01. The Kier molecular flexibility index (Phi) is 5.14. The van der Waals surface area contributed by atoms with Gasteiger partial charge in [0.2, 0.25) is 0 Å². The molecule has 0 spiro atoms. The lowest BCUT2D eigenvalue weighted by atomic mass is 10.1. The van der Waals surface area contributed by atoms with Crippen LogP contribution in [0.25, 0.3) is 11.2 Å². The number of nitrogens with one attached hydrogen (secondary N) is 1. The average molecular weight is 290 g/mol. The Morgan fingerprint density at radius 2 is 1.95 bits per heavy atom. The van der Waals surface area contributed by atoms with Crippen LogP contribution >= 0.6 is 0 Å². The molecule has 2 aromatic heterocycles. The number of hydrogen-bond acceptors (Lipinski definition) is 3. The van der Waals surface area contributed by atoms with Crippen LogP contribution < -0.4 is 11.2 Å². The average Bonchev–Trinajstić information content (AvgIpc) is 2.97. The summed E-state index contributed by atoms with van der Waals surface area (Å²) in [5, 5.41) is 0. The van der Waals surface area contributed by atoms with Gasteiger partial charge in [0.15, 0.2) is 5.65 Å². The van der Waals surface area contributed by atoms with Gasteiger partial charge < -0.3 is 4.98 Å². The number of aromatic nitrogens is 4. The standard InChI is InChI=1S/C15H22N4O2/c1-3-4-5-6-7-8-9-10-19-14(20)12-13(17-11-16-12)18(2)15(19)21/h3,11H,1,4-10H2,2H3,(H,16,17). The molecule has 6 heteroatoms. The number of H-pyrrole nitrogens is 1. The molecule has 0 aromatic carbocycles. The molecule has 0 saturated heterocycles. The van der Waals surface area contributed by atoms with Gasteiger partial charge in [-0.1, -0.05) is 25.3 Å². The highest BCUT2D eigenvalue weighted by Gasteiger charge is 2.12. The number of aryl methyl sites for hydroxylation is 1. The number of allylic oxidation sites excluding steroid dienone is 1. The van der Waals surface area contributed by atoms with Crippen LogP contribution in [0.1, 0.15) is 38.5 Å². The van der Waals surface area contributed by atoms with E-state index >= 15 is 0 Å². The number of hydrogen-bond donors (Lipinski definition) is 1. The van der Waals surface area contributed by atoms with Gasteiger partial charge in [0, 0.05) is 13.6 Å². The first-order valence-electron chi connectivity index (χ1n) is 7.40. The fourth-order valence-electron chi connectivity index (χ4n) is 2.48. The third-order valence-electron chi connectivity index (χ3n) is 3.70. The summed E-state index contributed by atoms with van der Waals surface area (Å²) in [5.41, 5.74) is 0.220. The predicted molar refractivity (Wildman–Crippen MR) is 83.5 cm³/mol. The Morgan fingerprint density at radius 3 is 2.71 bits per heavy atom. The van der Waals surface area contributed by atoms with E-state index in [-0.39, 0.29) is 11.2 Å². The second-order valence-corrected chi connectivity index (χ2v) is 5.24. The van der Waals surface area contributed by atoms with Crippen LogP contribution in [0.2, 0.25) is 0 Å². The first-order chi connectivity index (χ1) is 10.2. The van der Waals surface area contributed by atoms with E-state index < -0.39 is 0 Å². The third-order valence-corrected chi connectivity index (χ3v) is 3.70. The van der Waals surface area contributed by atoms with Gasteiger partial charge >= 0.3 is 5.69 Å². The molecular weight excluding hydrogens is 268 g/mol. The highest BCUT2D eigenvalue weighted by atomic mass is 16.2. The lowest BCUT2D eigenvalue weighted by Crippen LogP contribution is -2.39. The molecule has 0 aliphatic rings. The minimum absolute atomic E-state index is 0.280. The van der Waals surface area contributed by atoms with Crippen molar-refractivity contribution in [1.29, 1.82) is 0 Å². The number of rotatable bonds is 8. The van der Waals surface area contributed by atoms with E-state index in [1.165, 1.54) is 21.9 Å². The zero-order chi connectivity index (χ0) is 15.2. The van der Waals surface area contributed by atoms with Crippen molar-refractivity contribution in [3.8, 4) is 0 Å². The molecule has 0 atom stereocenters. The molecule has 0 unspecified atom stereocenters. The van der Waals surface area contributed by atoms with Crippen molar-refractivity contribution in [2.45, 2.75) is 45.1 Å². The van der Waals surface area contributed by atoms with Crippen LogP contribution in [0.15, 0.2) is 28.6 Å². The summed E-state index contributed by atoms with van der Waals surface area (Å²) in [6.07, 6.45) is 9.73. The smallest absolute Gasteiger partial charge is 0.332 e. The highest BCUT2D eigenvalue weighted by molar-refractivity contribution is 5.68. The molecule has 6 nitrogen and oxygen atoms in total. The molecule has 21 heavy (non-hydrogen) atoms. The van der Waals surface area contributed by atoms with Crippen molar-refractivity contribution in [2.24, 2.45) is 7.05 Å². The molecule has 0 fully saturated rings. The molecule has 2 aromatic rings. The Hall–Kier alpha value is -2.11. The fourth-order valence-corrected chi connectivity index (χ4v) is 2.48. The van der Waals surface area contributed by atoms with Gasteiger partial charge in [0.1, 0.15) is 5.52 Å². The van der Waals surface area contributed by atoms with Crippen LogP contribution in [0, 0.1) is 0 Å². The number of aromatic amines is 1. The van der Waals surface area contributed by atoms with Gasteiger partial charge in [0.25, 0.3) is 5.56 Å². The molecule has 1 N–H and O–H groups in total. The maximum absolute atomic E-state index is 12.2. The van der Waals surface area contributed by atoms with Crippen molar-refractivity contribution in [3.63, 3.8) is 0 Å². The maximum atomic E-state index is 12.2. The SMILES string of the molecule is C=CCCCCCCCn1c(=O)c2[nH]cnc2n(C)c1=O. The van der Waals surface area contributed by atoms with Crippen molar-refractivity contribution in [2.75, 3.05) is 0 Å². The van der Waals surface area contributed by atoms with Gasteiger partial charge in [-0.2, -0.15) is 0 Å². The molecule has 0 saturated carbocycles. The number of nitrogens with zero attached hydrogens (tertiary/aromatic N) is 3. The van der Waals surface area contributed by atoms with E-state index in [1.54, 1.807) is 7.05 Å². The molecule has 0 aliphatic heterocycles. The van der Waals surface area contributed by atoms with E-state index in [2.05, 4.69) is 16.5 Å². The van der Waals surface area contributed by atoms with E-state index in [4.69, 9.17) is 0 Å². The van der Waals surface area contributed by atoms with Crippen molar-refractivity contribution >= 4 is 11.2 Å². The van der Waals surface area contributed by atoms with Crippen LogP contribution in [0.3, 0.4) is 0 Å². The van der Waals surface area contributed by atoms with Crippen LogP contribution in [0.4, 0.5) is 0 Å². The zero-order valence-electron chi connectivity index (χ0n) is 12.5. The molecular formula is C15H22N4O2. The number of imidazole rings is 1. The van der Waals surface area contributed by atoms with Gasteiger partial charge in [-0.25, -0.2) is 9.78 Å².